The fourth-order valence-electron chi connectivity index (χ4n) is 4.58. The molecule has 5 rings (SSSR count). The van der Waals surface area contributed by atoms with Gasteiger partial charge in [-0.2, -0.15) is 0 Å². The first-order chi connectivity index (χ1) is 21.6. The van der Waals surface area contributed by atoms with Gasteiger partial charge in [-0.15, -0.1) is 11.3 Å². The van der Waals surface area contributed by atoms with Crippen molar-refractivity contribution in [1.29, 1.82) is 0 Å². The van der Waals surface area contributed by atoms with Crippen LogP contribution in [-0.4, -0.2) is 73.7 Å². The molecule has 8 nitrogen and oxygen atoms in total. The molecule has 242 valence electrons. The van der Waals surface area contributed by atoms with Crippen LogP contribution in [0.5, 0.6) is 23.0 Å². The van der Waals surface area contributed by atoms with Crippen LogP contribution in [0.15, 0.2) is 66.7 Å². The summed E-state index contributed by atoms with van der Waals surface area (Å²) in [5.74, 6) is 1.53. The number of thiophene rings is 1. The number of esters is 1. The minimum atomic E-state index is -0.515. The van der Waals surface area contributed by atoms with Crippen molar-refractivity contribution in [1.82, 2.24) is 4.90 Å². The Bertz CT molecular complexity index is 1510. The minimum Gasteiger partial charge on any atom is -0.508 e. The van der Waals surface area contributed by atoms with E-state index < -0.39 is 5.60 Å². The Balaban J connectivity index is 0.00000226. The minimum absolute atomic E-state index is 0.0742. The Morgan fingerprint density at radius 3 is 2.33 bits per heavy atom. The van der Waals surface area contributed by atoms with E-state index >= 15 is 0 Å². The van der Waals surface area contributed by atoms with Crippen LogP contribution >= 0.6 is 11.3 Å². The third kappa shape index (κ3) is 10.2. The summed E-state index contributed by atoms with van der Waals surface area (Å²) < 4.78 is 43.0. The van der Waals surface area contributed by atoms with Crippen molar-refractivity contribution in [3.63, 3.8) is 0 Å². The zero-order valence-electron chi connectivity index (χ0n) is 26.5. The van der Waals surface area contributed by atoms with E-state index in [2.05, 4.69) is 4.90 Å². The van der Waals surface area contributed by atoms with Gasteiger partial charge >= 0.3 is 5.97 Å². The Hall–Kier alpha value is -3.70. The third-order valence-corrected chi connectivity index (χ3v) is 7.78. The predicted octanol–water partition coefficient (Wildman–Crippen LogP) is 7.67. The van der Waals surface area contributed by atoms with Crippen molar-refractivity contribution >= 4 is 27.4 Å². The molecule has 1 aliphatic heterocycles. The van der Waals surface area contributed by atoms with Crippen LogP contribution in [0, 0.1) is 5.82 Å². The fourth-order valence-corrected chi connectivity index (χ4v) is 5.75. The molecule has 2 heterocycles. The standard InChI is InChI=1S/C33H36FNO7S.C2H6/c1-33(2,3)42-30(37)21-38-16-17-40-27-19-35(20-27)14-15-39-25-9-11-26(12-10-25)41-31-28-13-8-24(36)18-29(28)43-32(31)22-4-6-23(34)7-5-22;1-2/h4-13,18,27,36H,14-17,19-21H2,1-3H3;1-2H3. The van der Waals surface area contributed by atoms with Crippen LogP contribution in [0.25, 0.3) is 20.5 Å². The number of likely N-dealkylation sites (tertiary alicyclic amines) is 1. The summed E-state index contributed by atoms with van der Waals surface area (Å²) in [6.07, 6.45) is 0.151. The van der Waals surface area contributed by atoms with Gasteiger partial charge < -0.3 is 28.8 Å². The smallest absolute Gasteiger partial charge is 0.332 e. The molecule has 1 fully saturated rings. The topological polar surface area (TPSA) is 86.7 Å². The average molecular weight is 640 g/mol. The number of phenolic OH excluding ortho intramolecular Hbond substituents is 1. The highest BCUT2D eigenvalue weighted by atomic mass is 32.1. The first-order valence-corrected chi connectivity index (χ1v) is 16.0. The molecule has 0 amide bonds. The lowest BCUT2D eigenvalue weighted by atomic mass is 10.1. The SMILES string of the molecule is CC.CC(C)(C)OC(=O)COCCOC1CN(CCOc2ccc(Oc3c(-c4ccc(F)cc4)sc4cc(O)ccc34)cc2)C1. The number of fused-ring (bicyclic) bond motifs is 1. The van der Waals surface area contributed by atoms with Crippen LogP contribution in [-0.2, 0) is 19.0 Å². The summed E-state index contributed by atoms with van der Waals surface area (Å²) >= 11 is 1.48. The third-order valence-electron chi connectivity index (χ3n) is 6.60. The molecule has 1 N–H and O–H groups in total. The largest absolute Gasteiger partial charge is 0.508 e. The summed E-state index contributed by atoms with van der Waals surface area (Å²) in [5.41, 5.74) is 0.320. The lowest BCUT2D eigenvalue weighted by Gasteiger charge is -2.38. The molecule has 1 aliphatic rings. The van der Waals surface area contributed by atoms with Crippen molar-refractivity contribution < 1.29 is 38.0 Å². The fraction of sp³-hybridized carbons (Fsp3) is 0.400. The molecule has 0 atom stereocenters. The van der Waals surface area contributed by atoms with E-state index in [1.54, 1.807) is 24.3 Å². The predicted molar refractivity (Wildman–Crippen MR) is 175 cm³/mol. The summed E-state index contributed by atoms with van der Waals surface area (Å²) in [5, 5.41) is 10.8. The second-order valence-electron chi connectivity index (χ2n) is 11.3. The van der Waals surface area contributed by atoms with E-state index in [1.165, 1.54) is 23.5 Å². The van der Waals surface area contributed by atoms with Crippen molar-refractivity contribution in [3.8, 4) is 33.4 Å². The molecule has 0 radical (unpaired) electrons. The average Bonchev–Trinajstić information content (AvgIpc) is 3.33. The monoisotopic (exact) mass is 639 g/mol. The molecule has 1 aromatic heterocycles. The second kappa shape index (κ2) is 16.0. The Morgan fingerprint density at radius 1 is 0.956 bits per heavy atom. The van der Waals surface area contributed by atoms with Crippen LogP contribution in [0.4, 0.5) is 4.39 Å². The van der Waals surface area contributed by atoms with Crippen LogP contribution < -0.4 is 9.47 Å². The molecule has 0 saturated carbocycles. The van der Waals surface area contributed by atoms with Gasteiger partial charge in [0.15, 0.2) is 5.75 Å². The quantitative estimate of drug-likeness (QED) is 0.118. The number of halogens is 1. The number of ether oxygens (including phenoxy) is 5. The van der Waals surface area contributed by atoms with E-state index in [0.29, 0.717) is 31.3 Å². The molecular weight excluding hydrogens is 597 g/mol. The Kier molecular flexibility index (Phi) is 12.2. The number of carbonyl (C=O) groups excluding carboxylic acids is 1. The number of hydrogen-bond acceptors (Lipinski definition) is 9. The van der Waals surface area contributed by atoms with Gasteiger partial charge in [-0.05, 0) is 80.9 Å². The van der Waals surface area contributed by atoms with Crippen LogP contribution in [0.1, 0.15) is 34.6 Å². The number of benzene rings is 3. The Morgan fingerprint density at radius 2 is 1.64 bits per heavy atom. The molecule has 0 bridgehead atoms. The summed E-state index contributed by atoms with van der Waals surface area (Å²) in [6, 6.07) is 18.9. The highest BCUT2D eigenvalue weighted by Crippen LogP contribution is 2.47. The summed E-state index contributed by atoms with van der Waals surface area (Å²) in [6.45, 7) is 13.1. The number of hydrogen-bond donors (Lipinski definition) is 1. The Labute approximate surface area is 268 Å². The molecule has 4 aromatic rings. The highest BCUT2D eigenvalue weighted by molar-refractivity contribution is 7.22. The number of rotatable bonds is 13. The van der Waals surface area contributed by atoms with Gasteiger partial charge in [-0.25, -0.2) is 9.18 Å². The number of nitrogens with zero attached hydrogens (tertiary/aromatic N) is 1. The van der Waals surface area contributed by atoms with Crippen molar-refractivity contribution in [3.05, 3.63) is 72.5 Å². The van der Waals surface area contributed by atoms with E-state index in [0.717, 1.165) is 45.9 Å². The lowest BCUT2D eigenvalue weighted by Crippen LogP contribution is -2.53. The van der Waals surface area contributed by atoms with Gasteiger partial charge in [0.05, 0.1) is 24.2 Å². The maximum Gasteiger partial charge on any atom is 0.332 e. The van der Waals surface area contributed by atoms with Gasteiger partial charge in [0.2, 0.25) is 0 Å². The zero-order chi connectivity index (χ0) is 32.4. The van der Waals surface area contributed by atoms with Gasteiger partial charge in [0.1, 0.15) is 41.9 Å². The van der Waals surface area contributed by atoms with E-state index in [-0.39, 0.29) is 30.2 Å². The molecule has 1 saturated heterocycles. The van der Waals surface area contributed by atoms with E-state index in [4.69, 9.17) is 23.7 Å². The van der Waals surface area contributed by atoms with E-state index in [1.807, 2.05) is 65.0 Å². The van der Waals surface area contributed by atoms with Crippen molar-refractivity contribution in [2.45, 2.75) is 46.3 Å². The first kappa shape index (κ1) is 34.2. The van der Waals surface area contributed by atoms with Crippen molar-refractivity contribution in [2.75, 3.05) is 46.1 Å². The molecule has 10 heteroatoms. The molecule has 0 aliphatic carbocycles. The van der Waals surface area contributed by atoms with Crippen LogP contribution in [0.2, 0.25) is 0 Å². The number of aromatic hydroxyl groups is 1. The lowest BCUT2D eigenvalue weighted by molar-refractivity contribution is -0.161. The van der Waals surface area contributed by atoms with Crippen molar-refractivity contribution in [2.24, 2.45) is 0 Å². The molecular formula is C35H42FNO7S. The van der Waals surface area contributed by atoms with Gasteiger partial charge in [-0.3, -0.25) is 4.90 Å². The summed E-state index contributed by atoms with van der Waals surface area (Å²) in [7, 11) is 0. The van der Waals surface area contributed by atoms with Gasteiger partial charge in [0, 0.05) is 29.7 Å². The molecule has 45 heavy (non-hydrogen) atoms. The van der Waals surface area contributed by atoms with Crippen LogP contribution in [0.3, 0.4) is 0 Å². The number of carbonyl (C=O) groups is 1. The van der Waals surface area contributed by atoms with Gasteiger partial charge in [-0.1, -0.05) is 26.0 Å². The molecule has 0 unspecified atom stereocenters. The summed E-state index contributed by atoms with van der Waals surface area (Å²) in [4.78, 5) is 14.7. The maximum atomic E-state index is 13.5. The first-order valence-electron chi connectivity index (χ1n) is 15.2. The highest BCUT2D eigenvalue weighted by Gasteiger charge is 2.27. The molecule has 0 spiro atoms. The van der Waals surface area contributed by atoms with E-state index in [9.17, 15) is 14.3 Å². The number of phenols is 1. The normalized spacial score (nSPS) is 13.6. The zero-order valence-corrected chi connectivity index (χ0v) is 27.3. The molecule has 3 aromatic carbocycles. The second-order valence-corrected chi connectivity index (χ2v) is 12.3. The van der Waals surface area contributed by atoms with Gasteiger partial charge in [0.25, 0.3) is 0 Å². The maximum absolute atomic E-state index is 13.5.